The van der Waals surface area contributed by atoms with Crippen LogP contribution in [0.2, 0.25) is 0 Å². The topological polar surface area (TPSA) is 75.6 Å². The van der Waals surface area contributed by atoms with Crippen molar-refractivity contribution in [3.63, 3.8) is 0 Å². The molecule has 2 aromatic carbocycles. The van der Waals surface area contributed by atoms with Gasteiger partial charge in [0.15, 0.2) is 0 Å². The van der Waals surface area contributed by atoms with Gasteiger partial charge in [-0.05, 0) is 41.2 Å². The fraction of sp³-hybridized carbons (Fsp3) is 0.391. The quantitative estimate of drug-likeness (QED) is 0.770. The molecule has 0 radical (unpaired) electrons. The number of carbonyl (C=O) groups excluding carboxylic acids is 1. The summed E-state index contributed by atoms with van der Waals surface area (Å²) >= 11 is 0. The maximum atomic E-state index is 11.9. The molecule has 1 unspecified atom stereocenters. The van der Waals surface area contributed by atoms with E-state index in [1.165, 1.54) is 11.1 Å². The number of amides is 1. The molecule has 5 nitrogen and oxygen atoms in total. The Hall–Kier alpha value is -2.82. The van der Waals surface area contributed by atoms with Gasteiger partial charge in [-0.2, -0.15) is 0 Å². The van der Waals surface area contributed by atoms with Crippen molar-refractivity contribution in [2.24, 2.45) is 0 Å². The van der Waals surface area contributed by atoms with Gasteiger partial charge in [-0.15, -0.1) is 0 Å². The van der Waals surface area contributed by atoms with Crippen LogP contribution in [-0.2, 0) is 28.9 Å². The molecule has 5 heteroatoms. The average molecular weight is 381 g/mol. The summed E-state index contributed by atoms with van der Waals surface area (Å²) in [5.41, 5.74) is 4.20. The van der Waals surface area contributed by atoms with Gasteiger partial charge in [-0.25, -0.2) is 0 Å². The Kier molecular flexibility index (Phi) is 5.73. The molecule has 1 amide bonds. The molecule has 1 heterocycles. The van der Waals surface area contributed by atoms with Gasteiger partial charge in [0.25, 0.3) is 0 Å². The number of fused-ring (bicyclic) bond motifs is 1. The molecule has 0 spiro atoms. The zero-order chi connectivity index (χ0) is 20.3. The van der Waals surface area contributed by atoms with Crippen molar-refractivity contribution in [3.05, 3.63) is 64.7 Å². The van der Waals surface area contributed by atoms with Crippen molar-refractivity contribution in [3.8, 4) is 5.75 Å². The van der Waals surface area contributed by atoms with Gasteiger partial charge in [0, 0.05) is 12.8 Å². The Balaban J connectivity index is 1.64. The molecule has 1 aliphatic heterocycles. The van der Waals surface area contributed by atoms with Crippen LogP contribution in [0.4, 0.5) is 0 Å². The number of ether oxygens (including phenoxy) is 1. The summed E-state index contributed by atoms with van der Waals surface area (Å²) in [5.74, 6) is 0.0286. The Morgan fingerprint density at radius 3 is 2.46 bits per heavy atom. The van der Waals surface area contributed by atoms with E-state index < -0.39 is 5.97 Å². The first kappa shape index (κ1) is 19.9. The number of aliphatic carboxylic acids is 1. The minimum Gasteiger partial charge on any atom is -0.487 e. The van der Waals surface area contributed by atoms with Gasteiger partial charge in [-0.3, -0.25) is 9.59 Å². The Labute approximate surface area is 165 Å². The van der Waals surface area contributed by atoms with E-state index in [-0.39, 0.29) is 24.5 Å². The van der Waals surface area contributed by atoms with E-state index in [0.717, 1.165) is 29.7 Å². The molecule has 148 valence electrons. The Morgan fingerprint density at radius 2 is 1.82 bits per heavy atom. The van der Waals surface area contributed by atoms with E-state index in [1.807, 2.05) is 18.2 Å². The van der Waals surface area contributed by atoms with Crippen LogP contribution in [0.3, 0.4) is 0 Å². The van der Waals surface area contributed by atoms with Crippen LogP contribution >= 0.6 is 0 Å². The number of hydrogen-bond acceptors (Lipinski definition) is 3. The lowest BCUT2D eigenvalue weighted by Gasteiger charge is -2.24. The smallest absolute Gasteiger partial charge is 0.322 e. The number of carboxylic acids is 1. The highest BCUT2D eigenvalue weighted by molar-refractivity contribution is 5.82. The SMILES string of the molecule is CC(C)c1ccc(CC2(C)Cc3cc(CC(=O)NCC(=O)O)ccc3O2)cc1. The van der Waals surface area contributed by atoms with E-state index in [2.05, 4.69) is 50.4 Å². The van der Waals surface area contributed by atoms with Crippen molar-refractivity contribution >= 4 is 11.9 Å². The second kappa shape index (κ2) is 8.05. The molecular weight excluding hydrogens is 354 g/mol. The highest BCUT2D eigenvalue weighted by Gasteiger charge is 2.35. The van der Waals surface area contributed by atoms with E-state index in [4.69, 9.17) is 9.84 Å². The highest BCUT2D eigenvalue weighted by atomic mass is 16.5. The first-order valence-electron chi connectivity index (χ1n) is 9.62. The second-order valence-corrected chi connectivity index (χ2v) is 8.09. The lowest BCUT2D eigenvalue weighted by atomic mass is 9.90. The first-order chi connectivity index (χ1) is 13.2. The van der Waals surface area contributed by atoms with Crippen molar-refractivity contribution in [1.82, 2.24) is 5.32 Å². The monoisotopic (exact) mass is 381 g/mol. The molecule has 2 N–H and O–H groups in total. The minimum atomic E-state index is -1.05. The average Bonchev–Trinajstić information content (AvgIpc) is 2.95. The van der Waals surface area contributed by atoms with E-state index in [9.17, 15) is 9.59 Å². The third kappa shape index (κ3) is 4.91. The van der Waals surface area contributed by atoms with Crippen LogP contribution < -0.4 is 10.1 Å². The van der Waals surface area contributed by atoms with E-state index >= 15 is 0 Å². The summed E-state index contributed by atoms with van der Waals surface area (Å²) in [5, 5.41) is 11.0. The van der Waals surface area contributed by atoms with Crippen LogP contribution in [-0.4, -0.2) is 29.1 Å². The van der Waals surface area contributed by atoms with E-state index in [0.29, 0.717) is 5.92 Å². The molecule has 1 atom stereocenters. The minimum absolute atomic E-state index is 0.161. The zero-order valence-corrected chi connectivity index (χ0v) is 16.6. The number of carboxylic acid groups (broad SMARTS) is 1. The van der Waals surface area contributed by atoms with Gasteiger partial charge in [-0.1, -0.05) is 50.2 Å². The van der Waals surface area contributed by atoms with Crippen molar-refractivity contribution in [1.29, 1.82) is 0 Å². The normalized spacial score (nSPS) is 17.9. The van der Waals surface area contributed by atoms with Crippen LogP contribution in [0.1, 0.15) is 48.9 Å². The summed E-state index contributed by atoms with van der Waals surface area (Å²) in [4.78, 5) is 22.4. The molecule has 2 aromatic rings. The van der Waals surface area contributed by atoms with Gasteiger partial charge >= 0.3 is 5.97 Å². The van der Waals surface area contributed by atoms with Gasteiger partial charge in [0.2, 0.25) is 5.91 Å². The van der Waals surface area contributed by atoms with Crippen LogP contribution in [0.15, 0.2) is 42.5 Å². The molecule has 28 heavy (non-hydrogen) atoms. The standard InChI is InChI=1S/C23H27NO4/c1-15(2)18-7-4-16(5-8-18)12-23(3)13-19-10-17(6-9-20(19)28-23)11-21(25)24-14-22(26)27/h4-10,15H,11-14H2,1-3H3,(H,24,25)(H,26,27). The molecule has 0 saturated carbocycles. The molecule has 0 saturated heterocycles. The summed E-state index contributed by atoms with van der Waals surface area (Å²) in [6.07, 6.45) is 1.75. The van der Waals surface area contributed by atoms with Crippen molar-refractivity contribution in [2.75, 3.05) is 6.54 Å². The third-order valence-corrected chi connectivity index (χ3v) is 5.07. The van der Waals surface area contributed by atoms with E-state index in [1.54, 1.807) is 0 Å². The van der Waals surface area contributed by atoms with Crippen LogP contribution in [0.5, 0.6) is 5.75 Å². The number of hydrogen-bond donors (Lipinski definition) is 2. The van der Waals surface area contributed by atoms with Crippen LogP contribution in [0.25, 0.3) is 0 Å². The molecule has 0 aliphatic carbocycles. The zero-order valence-electron chi connectivity index (χ0n) is 16.6. The lowest BCUT2D eigenvalue weighted by molar-refractivity contribution is -0.137. The van der Waals surface area contributed by atoms with Crippen LogP contribution in [0, 0.1) is 0 Å². The fourth-order valence-corrected chi connectivity index (χ4v) is 3.66. The Morgan fingerprint density at radius 1 is 1.14 bits per heavy atom. The number of benzene rings is 2. The predicted octanol–water partition coefficient (Wildman–Crippen LogP) is 3.49. The summed E-state index contributed by atoms with van der Waals surface area (Å²) < 4.78 is 6.24. The predicted molar refractivity (Wildman–Crippen MR) is 108 cm³/mol. The molecule has 3 rings (SSSR count). The van der Waals surface area contributed by atoms with Gasteiger partial charge < -0.3 is 15.2 Å². The van der Waals surface area contributed by atoms with Gasteiger partial charge in [0.1, 0.15) is 17.9 Å². The van der Waals surface area contributed by atoms with Crippen molar-refractivity contribution in [2.45, 2.75) is 51.6 Å². The third-order valence-electron chi connectivity index (χ3n) is 5.07. The number of carbonyl (C=O) groups is 2. The summed E-state index contributed by atoms with van der Waals surface area (Å²) in [6.45, 7) is 6.13. The summed E-state index contributed by atoms with van der Waals surface area (Å²) in [7, 11) is 0. The lowest BCUT2D eigenvalue weighted by Crippen LogP contribution is -2.32. The maximum absolute atomic E-state index is 11.9. The Bertz CT molecular complexity index is 873. The highest BCUT2D eigenvalue weighted by Crippen LogP contribution is 2.37. The second-order valence-electron chi connectivity index (χ2n) is 8.09. The van der Waals surface area contributed by atoms with Crippen molar-refractivity contribution < 1.29 is 19.4 Å². The fourth-order valence-electron chi connectivity index (χ4n) is 3.66. The maximum Gasteiger partial charge on any atom is 0.322 e. The van der Waals surface area contributed by atoms with Gasteiger partial charge in [0.05, 0.1) is 6.42 Å². The molecular formula is C23H27NO4. The molecule has 0 fully saturated rings. The number of rotatable bonds is 7. The first-order valence-corrected chi connectivity index (χ1v) is 9.62. The largest absolute Gasteiger partial charge is 0.487 e. The summed E-state index contributed by atoms with van der Waals surface area (Å²) in [6, 6.07) is 14.5. The number of nitrogens with one attached hydrogen (secondary N) is 1. The molecule has 0 aromatic heterocycles. The molecule has 0 bridgehead atoms. The molecule has 1 aliphatic rings.